The molecule has 112 valence electrons. The van der Waals surface area contributed by atoms with Crippen molar-refractivity contribution in [2.24, 2.45) is 0 Å². The van der Waals surface area contributed by atoms with Gasteiger partial charge in [-0.15, -0.1) is 0 Å². The van der Waals surface area contributed by atoms with Crippen LogP contribution < -0.4 is 10.6 Å². The molecule has 1 amide bonds. The van der Waals surface area contributed by atoms with Crippen LogP contribution in [0.25, 0.3) is 0 Å². The highest BCUT2D eigenvalue weighted by Gasteiger charge is 1.99. The van der Waals surface area contributed by atoms with E-state index in [9.17, 15) is 4.79 Å². The maximum atomic E-state index is 11.5. The second-order valence-corrected chi connectivity index (χ2v) is 4.99. The number of allylic oxidation sites excluding steroid dienone is 2. The third-order valence-electron chi connectivity index (χ3n) is 3.10. The molecule has 0 aromatic carbocycles. The van der Waals surface area contributed by atoms with Gasteiger partial charge in [-0.05, 0) is 45.7 Å². The van der Waals surface area contributed by atoms with E-state index in [1.54, 1.807) is 0 Å². The minimum atomic E-state index is 0.210. The van der Waals surface area contributed by atoms with Gasteiger partial charge in [0.05, 0.1) is 0 Å². The lowest BCUT2D eigenvalue weighted by Gasteiger charge is -2.04. The monoisotopic (exact) mass is 268 g/mol. The lowest BCUT2D eigenvalue weighted by molar-refractivity contribution is -0.121. The molecule has 0 spiro atoms. The van der Waals surface area contributed by atoms with Gasteiger partial charge < -0.3 is 10.6 Å². The number of hydrogen-bond acceptors (Lipinski definition) is 2. The fraction of sp³-hybridized carbons (Fsp3) is 0.812. The standard InChI is InChI=1S/C16H32N2O/c1-3-4-5-6-7-8-9-10-11-13-16(19)18-15-12-14-17-2/h4-5,17H,3,6-15H2,1-2H3,(H,18,19). The Bertz CT molecular complexity index is 227. The molecule has 19 heavy (non-hydrogen) atoms. The van der Waals surface area contributed by atoms with Gasteiger partial charge in [0.1, 0.15) is 0 Å². The third-order valence-corrected chi connectivity index (χ3v) is 3.10. The van der Waals surface area contributed by atoms with Gasteiger partial charge in [-0.1, -0.05) is 38.3 Å². The van der Waals surface area contributed by atoms with Gasteiger partial charge in [0.15, 0.2) is 0 Å². The molecule has 0 saturated carbocycles. The maximum absolute atomic E-state index is 11.5. The number of amides is 1. The van der Waals surface area contributed by atoms with Crippen LogP contribution in [0.15, 0.2) is 12.2 Å². The molecule has 0 aromatic rings. The van der Waals surface area contributed by atoms with Crippen LogP contribution in [0.4, 0.5) is 0 Å². The van der Waals surface area contributed by atoms with E-state index in [0.29, 0.717) is 6.42 Å². The van der Waals surface area contributed by atoms with Gasteiger partial charge in [-0.2, -0.15) is 0 Å². The highest BCUT2D eigenvalue weighted by atomic mass is 16.1. The van der Waals surface area contributed by atoms with E-state index < -0.39 is 0 Å². The fourth-order valence-electron chi connectivity index (χ4n) is 1.94. The van der Waals surface area contributed by atoms with Crippen LogP contribution in [0.5, 0.6) is 0 Å². The van der Waals surface area contributed by atoms with Gasteiger partial charge in [0.25, 0.3) is 0 Å². The fourth-order valence-corrected chi connectivity index (χ4v) is 1.94. The summed E-state index contributed by atoms with van der Waals surface area (Å²) in [5.41, 5.74) is 0. The van der Waals surface area contributed by atoms with E-state index in [1.165, 1.54) is 32.1 Å². The molecule has 0 aromatic heterocycles. The summed E-state index contributed by atoms with van der Waals surface area (Å²) in [5, 5.41) is 6.02. The van der Waals surface area contributed by atoms with Gasteiger partial charge in [0.2, 0.25) is 5.91 Å². The Balaban J connectivity index is 3.16. The van der Waals surface area contributed by atoms with Crippen molar-refractivity contribution in [2.75, 3.05) is 20.1 Å². The molecule has 0 heterocycles. The Kier molecular flexibility index (Phi) is 14.6. The van der Waals surface area contributed by atoms with E-state index in [-0.39, 0.29) is 5.91 Å². The zero-order valence-electron chi connectivity index (χ0n) is 12.8. The zero-order chi connectivity index (χ0) is 14.2. The van der Waals surface area contributed by atoms with Crippen molar-refractivity contribution in [3.63, 3.8) is 0 Å². The molecule has 0 atom stereocenters. The van der Waals surface area contributed by atoms with Crippen molar-refractivity contribution in [3.8, 4) is 0 Å². The highest BCUT2D eigenvalue weighted by molar-refractivity contribution is 5.75. The Morgan fingerprint density at radius 3 is 2.42 bits per heavy atom. The lowest BCUT2D eigenvalue weighted by Crippen LogP contribution is -2.26. The minimum absolute atomic E-state index is 0.210. The third kappa shape index (κ3) is 15.1. The Morgan fingerprint density at radius 2 is 1.68 bits per heavy atom. The first kappa shape index (κ1) is 18.2. The zero-order valence-corrected chi connectivity index (χ0v) is 12.8. The molecular formula is C16H32N2O. The Hall–Kier alpha value is -0.830. The van der Waals surface area contributed by atoms with E-state index in [4.69, 9.17) is 0 Å². The SMILES string of the molecule is CCC=CCCCCCCCC(=O)NCCCNC. The predicted octanol–water partition coefficient (Wildman–Crippen LogP) is 3.41. The molecule has 0 bridgehead atoms. The van der Waals surface area contributed by atoms with Crippen LogP contribution >= 0.6 is 0 Å². The van der Waals surface area contributed by atoms with Crippen molar-refractivity contribution in [2.45, 2.75) is 64.7 Å². The highest BCUT2D eigenvalue weighted by Crippen LogP contribution is 2.07. The first-order valence-corrected chi connectivity index (χ1v) is 7.87. The second kappa shape index (κ2) is 15.2. The molecule has 0 fully saturated rings. The summed E-state index contributed by atoms with van der Waals surface area (Å²) >= 11 is 0. The normalized spacial score (nSPS) is 11.1. The van der Waals surface area contributed by atoms with E-state index in [0.717, 1.165) is 32.4 Å². The molecule has 0 aliphatic rings. The van der Waals surface area contributed by atoms with Crippen LogP contribution in [0.3, 0.4) is 0 Å². The summed E-state index contributed by atoms with van der Waals surface area (Å²) in [6.45, 7) is 3.93. The van der Waals surface area contributed by atoms with Crippen LogP contribution in [0.2, 0.25) is 0 Å². The largest absolute Gasteiger partial charge is 0.356 e. The average molecular weight is 268 g/mol. The summed E-state index contributed by atoms with van der Waals surface area (Å²) in [6, 6.07) is 0. The van der Waals surface area contributed by atoms with Crippen molar-refractivity contribution in [3.05, 3.63) is 12.2 Å². The van der Waals surface area contributed by atoms with Crippen molar-refractivity contribution in [1.82, 2.24) is 10.6 Å². The number of carbonyl (C=O) groups excluding carboxylic acids is 1. The van der Waals surface area contributed by atoms with Crippen molar-refractivity contribution >= 4 is 5.91 Å². The number of hydrogen-bond donors (Lipinski definition) is 2. The average Bonchev–Trinajstić information content (AvgIpc) is 2.42. The van der Waals surface area contributed by atoms with Crippen LogP contribution in [-0.4, -0.2) is 26.0 Å². The molecule has 0 aliphatic carbocycles. The summed E-state index contributed by atoms with van der Waals surface area (Å²) < 4.78 is 0. The molecule has 0 rings (SSSR count). The molecular weight excluding hydrogens is 236 g/mol. The quantitative estimate of drug-likeness (QED) is 0.397. The van der Waals surface area contributed by atoms with Crippen LogP contribution in [-0.2, 0) is 4.79 Å². The smallest absolute Gasteiger partial charge is 0.219 e. The van der Waals surface area contributed by atoms with Crippen molar-refractivity contribution in [1.29, 1.82) is 0 Å². The number of rotatable bonds is 13. The lowest BCUT2D eigenvalue weighted by atomic mass is 10.1. The minimum Gasteiger partial charge on any atom is -0.356 e. The number of carbonyl (C=O) groups is 1. The summed E-state index contributed by atoms with van der Waals surface area (Å²) in [6.07, 6.45) is 14.6. The molecule has 0 aliphatic heterocycles. The summed E-state index contributed by atoms with van der Waals surface area (Å²) in [5.74, 6) is 0.210. The number of unbranched alkanes of at least 4 members (excludes halogenated alkanes) is 5. The van der Waals surface area contributed by atoms with Gasteiger partial charge in [0, 0.05) is 13.0 Å². The summed E-state index contributed by atoms with van der Waals surface area (Å²) in [7, 11) is 1.93. The molecule has 0 saturated heterocycles. The van der Waals surface area contributed by atoms with Crippen LogP contribution in [0.1, 0.15) is 64.7 Å². The Labute approximate surface area is 119 Å². The first-order valence-electron chi connectivity index (χ1n) is 7.87. The first-order chi connectivity index (χ1) is 9.31. The van der Waals surface area contributed by atoms with Crippen LogP contribution in [0, 0.1) is 0 Å². The topological polar surface area (TPSA) is 41.1 Å². The van der Waals surface area contributed by atoms with Gasteiger partial charge >= 0.3 is 0 Å². The number of nitrogens with one attached hydrogen (secondary N) is 2. The molecule has 3 heteroatoms. The second-order valence-electron chi connectivity index (χ2n) is 4.99. The summed E-state index contributed by atoms with van der Waals surface area (Å²) in [4.78, 5) is 11.5. The molecule has 0 unspecified atom stereocenters. The molecule has 3 nitrogen and oxygen atoms in total. The van der Waals surface area contributed by atoms with Gasteiger partial charge in [-0.3, -0.25) is 4.79 Å². The van der Waals surface area contributed by atoms with E-state index in [2.05, 4.69) is 29.7 Å². The Morgan fingerprint density at radius 1 is 0.947 bits per heavy atom. The molecule has 2 N–H and O–H groups in total. The van der Waals surface area contributed by atoms with E-state index in [1.807, 2.05) is 7.05 Å². The predicted molar refractivity (Wildman–Crippen MR) is 83.3 cm³/mol. The van der Waals surface area contributed by atoms with E-state index >= 15 is 0 Å². The van der Waals surface area contributed by atoms with Crippen molar-refractivity contribution < 1.29 is 4.79 Å². The van der Waals surface area contributed by atoms with Gasteiger partial charge in [-0.25, -0.2) is 0 Å². The maximum Gasteiger partial charge on any atom is 0.219 e. The molecule has 0 radical (unpaired) electrons.